The van der Waals surface area contributed by atoms with Gasteiger partial charge in [0, 0.05) is 0 Å². The zero-order valence-electron chi connectivity index (χ0n) is 19.7. The van der Waals surface area contributed by atoms with Crippen LogP contribution in [-0.2, 0) is 18.9 Å². The van der Waals surface area contributed by atoms with E-state index >= 15 is 0 Å². The molecule has 0 bridgehead atoms. The third kappa shape index (κ3) is 5.66. The average Bonchev–Trinajstić information content (AvgIpc) is 3.16. The number of esters is 3. The van der Waals surface area contributed by atoms with E-state index in [1.54, 1.807) is 97.9 Å². The number of hydrogen-bond acceptors (Lipinski definition) is 7. The van der Waals surface area contributed by atoms with Crippen molar-refractivity contribution in [1.82, 2.24) is 0 Å². The molecule has 182 valence electrons. The van der Waals surface area contributed by atoms with Gasteiger partial charge < -0.3 is 18.9 Å². The van der Waals surface area contributed by atoms with Crippen molar-refractivity contribution in [3.05, 3.63) is 108 Å². The molecule has 0 amide bonds. The Balaban J connectivity index is 1.53. The van der Waals surface area contributed by atoms with Crippen LogP contribution in [0.2, 0.25) is 0 Å². The molecule has 1 aliphatic heterocycles. The summed E-state index contributed by atoms with van der Waals surface area (Å²) in [5.74, 6) is -1.69. The number of hydrogen-bond donors (Lipinski definition) is 0. The van der Waals surface area contributed by atoms with Crippen LogP contribution in [-0.4, -0.2) is 57.2 Å². The van der Waals surface area contributed by atoms with Gasteiger partial charge in [0.2, 0.25) is 0 Å². The van der Waals surface area contributed by atoms with Crippen molar-refractivity contribution in [1.29, 1.82) is 0 Å². The fraction of sp³-hybridized carbons (Fsp3) is 0.250. The van der Waals surface area contributed by atoms with Gasteiger partial charge in [0.15, 0.2) is 0 Å². The fourth-order valence-electron chi connectivity index (χ4n) is 4.03. The molecule has 36 heavy (non-hydrogen) atoms. The number of carbonyl (C=O) groups is 3. The maximum Gasteiger partial charge on any atom is 0.338 e. The molecular weight excluding hydrogens is 459 g/mol. The SMILES string of the molecule is [B][C@H]1OC(COC(=O)c2ccccc2)[C@@](C)(COC(=O)c2ccccc2)C1OC(=O)c1ccccc1. The summed E-state index contributed by atoms with van der Waals surface area (Å²) in [6, 6.07) is 24.4. The lowest BCUT2D eigenvalue weighted by Gasteiger charge is -2.34. The van der Waals surface area contributed by atoms with Gasteiger partial charge in [-0.2, -0.15) is 0 Å². The molecule has 0 aromatic heterocycles. The molecule has 7 nitrogen and oxygen atoms in total. The number of ether oxygens (including phenoxy) is 4. The second kappa shape index (κ2) is 11.2. The quantitative estimate of drug-likeness (QED) is 0.273. The average molecular weight is 484 g/mol. The van der Waals surface area contributed by atoms with Crippen LogP contribution in [0.3, 0.4) is 0 Å². The fourth-order valence-corrected chi connectivity index (χ4v) is 4.03. The lowest BCUT2D eigenvalue weighted by molar-refractivity contribution is -0.0525. The molecule has 1 fully saturated rings. The Morgan fingerprint density at radius 3 is 1.69 bits per heavy atom. The summed E-state index contributed by atoms with van der Waals surface area (Å²) in [7, 11) is 6.23. The molecule has 0 spiro atoms. The minimum absolute atomic E-state index is 0.180. The van der Waals surface area contributed by atoms with Crippen molar-refractivity contribution in [2.24, 2.45) is 5.41 Å². The van der Waals surface area contributed by atoms with Gasteiger partial charge in [0.1, 0.15) is 33.3 Å². The summed E-state index contributed by atoms with van der Waals surface area (Å²) in [6.07, 6.45) is -1.79. The summed E-state index contributed by atoms with van der Waals surface area (Å²) < 4.78 is 22.7. The normalized spacial score (nSPS) is 23.0. The Labute approximate surface area is 210 Å². The summed E-state index contributed by atoms with van der Waals surface area (Å²) in [5, 5.41) is 0. The third-order valence-electron chi connectivity index (χ3n) is 6.15. The molecule has 0 saturated carbocycles. The van der Waals surface area contributed by atoms with Gasteiger partial charge in [0.05, 0.1) is 28.1 Å². The molecule has 1 aliphatic rings. The van der Waals surface area contributed by atoms with Gasteiger partial charge in [-0.3, -0.25) is 0 Å². The van der Waals surface area contributed by atoms with E-state index in [0.29, 0.717) is 16.7 Å². The first-order valence-electron chi connectivity index (χ1n) is 11.5. The van der Waals surface area contributed by atoms with Crippen molar-refractivity contribution < 1.29 is 33.3 Å². The van der Waals surface area contributed by atoms with Crippen molar-refractivity contribution in [2.45, 2.75) is 25.1 Å². The molecule has 0 aliphatic carbocycles. The van der Waals surface area contributed by atoms with Crippen molar-refractivity contribution in [2.75, 3.05) is 13.2 Å². The number of rotatable bonds is 8. The molecule has 2 unspecified atom stereocenters. The van der Waals surface area contributed by atoms with Gasteiger partial charge >= 0.3 is 17.9 Å². The summed E-state index contributed by atoms with van der Waals surface area (Å²) >= 11 is 0. The minimum Gasteiger partial charge on any atom is -0.461 e. The second-order valence-corrected chi connectivity index (χ2v) is 8.69. The smallest absolute Gasteiger partial charge is 0.338 e. The molecule has 3 aromatic rings. The van der Waals surface area contributed by atoms with Crippen LogP contribution in [0.4, 0.5) is 0 Å². The molecule has 1 saturated heterocycles. The molecular formula is C28H25BO7. The first-order valence-corrected chi connectivity index (χ1v) is 11.5. The van der Waals surface area contributed by atoms with Crippen LogP contribution in [0.1, 0.15) is 38.0 Å². The number of benzene rings is 3. The third-order valence-corrected chi connectivity index (χ3v) is 6.15. The van der Waals surface area contributed by atoms with E-state index in [4.69, 9.17) is 26.8 Å². The van der Waals surface area contributed by atoms with Gasteiger partial charge in [0.25, 0.3) is 0 Å². The van der Waals surface area contributed by atoms with Gasteiger partial charge in [-0.15, -0.1) is 0 Å². The Morgan fingerprint density at radius 2 is 1.19 bits per heavy atom. The first kappa shape index (κ1) is 25.2. The summed E-state index contributed by atoms with van der Waals surface area (Å²) in [5.41, 5.74) is -0.0174. The highest BCUT2D eigenvalue weighted by atomic mass is 16.6. The van der Waals surface area contributed by atoms with Crippen LogP contribution in [0, 0.1) is 5.41 Å². The zero-order valence-corrected chi connectivity index (χ0v) is 19.7. The largest absolute Gasteiger partial charge is 0.461 e. The Hall–Kier alpha value is -3.91. The van der Waals surface area contributed by atoms with Crippen molar-refractivity contribution in [3.8, 4) is 0 Å². The highest BCUT2D eigenvalue weighted by Gasteiger charge is 2.55. The van der Waals surface area contributed by atoms with Crippen LogP contribution < -0.4 is 0 Å². The lowest BCUT2D eigenvalue weighted by Crippen LogP contribution is -2.47. The van der Waals surface area contributed by atoms with Crippen LogP contribution in [0.5, 0.6) is 0 Å². The predicted molar refractivity (Wildman–Crippen MR) is 132 cm³/mol. The van der Waals surface area contributed by atoms with Gasteiger partial charge in [-0.1, -0.05) is 61.5 Å². The summed E-state index contributed by atoms with van der Waals surface area (Å²) in [6.45, 7) is 1.36. The predicted octanol–water partition coefficient (Wildman–Crippen LogP) is 3.83. The summed E-state index contributed by atoms with van der Waals surface area (Å²) in [4.78, 5) is 38.0. The van der Waals surface area contributed by atoms with E-state index in [2.05, 4.69) is 0 Å². The minimum atomic E-state index is -1.11. The Morgan fingerprint density at radius 1 is 0.750 bits per heavy atom. The molecule has 1 heterocycles. The molecule has 4 rings (SSSR count). The Bertz CT molecular complexity index is 1190. The van der Waals surface area contributed by atoms with E-state index in [9.17, 15) is 14.4 Å². The van der Waals surface area contributed by atoms with Crippen LogP contribution in [0.15, 0.2) is 91.0 Å². The van der Waals surface area contributed by atoms with E-state index in [0.717, 1.165) is 0 Å². The van der Waals surface area contributed by atoms with Crippen molar-refractivity contribution in [3.63, 3.8) is 0 Å². The maximum absolute atomic E-state index is 12.8. The maximum atomic E-state index is 12.8. The lowest BCUT2D eigenvalue weighted by atomic mass is 9.76. The second-order valence-electron chi connectivity index (χ2n) is 8.69. The standard InChI is InChI=1S/C28H25BO7/c1-28(18-34-26(31)20-13-7-3-8-14-20)22(17-33-25(30)19-11-5-2-6-12-19)35-24(29)23(28)36-27(32)21-15-9-4-10-16-21/h2-16,22-24H,17-18H2,1H3/t22?,23?,24-,28+/m0/s1. The van der Waals surface area contributed by atoms with Crippen molar-refractivity contribution >= 4 is 25.8 Å². The highest BCUT2D eigenvalue weighted by molar-refractivity contribution is 6.12. The van der Waals surface area contributed by atoms with Gasteiger partial charge in [-0.05, 0) is 36.4 Å². The molecule has 4 atom stereocenters. The zero-order chi connectivity index (χ0) is 25.5. The topological polar surface area (TPSA) is 88.1 Å². The molecule has 0 N–H and O–H groups in total. The molecule has 8 heteroatoms. The van der Waals surface area contributed by atoms with E-state index in [-0.39, 0.29) is 13.2 Å². The molecule has 3 aromatic carbocycles. The van der Waals surface area contributed by atoms with E-state index in [1.165, 1.54) is 0 Å². The Kier molecular flexibility index (Phi) is 7.85. The monoisotopic (exact) mass is 484 g/mol. The van der Waals surface area contributed by atoms with Gasteiger partial charge in [-0.25, -0.2) is 14.4 Å². The van der Waals surface area contributed by atoms with E-state index < -0.39 is 41.5 Å². The van der Waals surface area contributed by atoms with Crippen LogP contribution >= 0.6 is 0 Å². The van der Waals surface area contributed by atoms with Crippen LogP contribution in [0.25, 0.3) is 0 Å². The molecule has 2 radical (unpaired) electrons. The number of carbonyl (C=O) groups excluding carboxylic acids is 3. The first-order chi connectivity index (χ1) is 17.4. The van der Waals surface area contributed by atoms with E-state index in [1.807, 2.05) is 0 Å². The highest BCUT2D eigenvalue weighted by Crippen LogP contribution is 2.41.